The van der Waals surface area contributed by atoms with E-state index in [4.69, 9.17) is 23.2 Å². The number of carbonyl (C=O) groups excluding carboxylic acids is 2. The van der Waals surface area contributed by atoms with Gasteiger partial charge in [0.25, 0.3) is 5.91 Å². The molecule has 1 N–H and O–H groups in total. The highest BCUT2D eigenvalue weighted by Gasteiger charge is 2.41. The molecule has 0 bridgehead atoms. The third-order valence-corrected chi connectivity index (χ3v) is 6.00. The largest absolute Gasteiger partial charge is 0.502 e. The van der Waals surface area contributed by atoms with Gasteiger partial charge in [-0.3, -0.25) is 14.5 Å². The topological polar surface area (TPSA) is 64.1 Å². The average Bonchev–Trinajstić information content (AvgIpc) is 2.94. The number of aliphatic hydroxyl groups excluding tert-OH is 1. The molecule has 2 aliphatic heterocycles. The molecule has 0 spiro atoms. The summed E-state index contributed by atoms with van der Waals surface area (Å²) in [4.78, 5) is 31.2. The Morgan fingerprint density at radius 1 is 0.933 bits per heavy atom. The fraction of sp³-hybridized carbons (Fsp3) is 0.273. The Morgan fingerprint density at radius 2 is 1.60 bits per heavy atom. The van der Waals surface area contributed by atoms with E-state index in [1.807, 2.05) is 12.1 Å². The lowest BCUT2D eigenvalue weighted by Crippen LogP contribution is -2.43. The van der Waals surface area contributed by atoms with Gasteiger partial charge in [0.2, 0.25) is 0 Å². The van der Waals surface area contributed by atoms with Gasteiger partial charge in [-0.05, 0) is 36.9 Å². The zero-order chi connectivity index (χ0) is 21.4. The van der Waals surface area contributed by atoms with E-state index < -0.39 is 17.6 Å². The maximum atomic E-state index is 13.0. The van der Waals surface area contributed by atoms with Gasteiger partial charge in [0, 0.05) is 43.3 Å². The van der Waals surface area contributed by atoms with Crippen molar-refractivity contribution >= 4 is 46.3 Å². The molecule has 2 aliphatic rings. The van der Waals surface area contributed by atoms with Gasteiger partial charge in [0.15, 0.2) is 5.76 Å². The molecule has 0 aliphatic carbocycles. The van der Waals surface area contributed by atoms with Gasteiger partial charge in [0.1, 0.15) is 0 Å². The van der Waals surface area contributed by atoms with Crippen LogP contribution >= 0.6 is 23.2 Å². The van der Waals surface area contributed by atoms with Crippen molar-refractivity contribution in [2.45, 2.75) is 6.54 Å². The molecular formula is C22H21Cl2N3O3. The number of hydrogen-bond donors (Lipinski definition) is 1. The van der Waals surface area contributed by atoms with Crippen LogP contribution in [-0.2, 0) is 16.1 Å². The molecule has 2 heterocycles. The van der Waals surface area contributed by atoms with Crippen LogP contribution < -0.4 is 4.90 Å². The van der Waals surface area contributed by atoms with Crippen LogP contribution in [0.25, 0.3) is 5.57 Å². The smallest absolute Gasteiger partial charge is 0.301 e. The monoisotopic (exact) mass is 445 g/mol. The number of imide groups is 1. The standard InChI is InChI=1S/C22H21Cl2N3O3/c1-25-8-10-26(11-9-25)13-14-2-5-16(6-3-14)27-21(29)19(20(28)22(27)30)17-7-4-15(23)12-18(17)24/h2-7,12,28H,8-11,13H2,1H3. The first-order valence-corrected chi connectivity index (χ1v) is 10.4. The highest BCUT2D eigenvalue weighted by Crippen LogP contribution is 2.36. The third-order valence-electron chi connectivity index (χ3n) is 5.46. The lowest BCUT2D eigenvalue weighted by Gasteiger charge is -2.32. The summed E-state index contributed by atoms with van der Waals surface area (Å²) in [5.41, 5.74) is 1.65. The average molecular weight is 446 g/mol. The molecule has 2 aromatic carbocycles. The van der Waals surface area contributed by atoms with E-state index in [2.05, 4.69) is 16.8 Å². The zero-order valence-electron chi connectivity index (χ0n) is 16.4. The number of likely N-dealkylation sites (N-methyl/N-ethyl adjacent to an activating group) is 1. The van der Waals surface area contributed by atoms with Crippen LogP contribution in [0.1, 0.15) is 11.1 Å². The van der Waals surface area contributed by atoms with Crippen LogP contribution in [0.4, 0.5) is 5.69 Å². The van der Waals surface area contributed by atoms with Crippen molar-refractivity contribution in [3.63, 3.8) is 0 Å². The van der Waals surface area contributed by atoms with Gasteiger partial charge in [0.05, 0.1) is 16.3 Å². The first-order valence-electron chi connectivity index (χ1n) is 9.62. The number of hydrogen-bond acceptors (Lipinski definition) is 5. The van der Waals surface area contributed by atoms with Crippen LogP contribution in [0.3, 0.4) is 0 Å². The number of halogens is 2. The summed E-state index contributed by atoms with van der Waals surface area (Å²) >= 11 is 12.1. The van der Waals surface area contributed by atoms with Crippen molar-refractivity contribution < 1.29 is 14.7 Å². The van der Waals surface area contributed by atoms with E-state index in [0.29, 0.717) is 10.7 Å². The maximum absolute atomic E-state index is 13.0. The molecule has 4 rings (SSSR count). The van der Waals surface area contributed by atoms with Crippen molar-refractivity contribution in [1.29, 1.82) is 0 Å². The molecule has 1 fully saturated rings. The second-order valence-corrected chi connectivity index (χ2v) is 8.38. The third kappa shape index (κ3) is 3.96. The van der Waals surface area contributed by atoms with Crippen LogP contribution in [0.2, 0.25) is 10.0 Å². The Labute approximate surface area is 184 Å². The minimum atomic E-state index is -0.771. The van der Waals surface area contributed by atoms with Crippen LogP contribution in [0.5, 0.6) is 0 Å². The molecule has 30 heavy (non-hydrogen) atoms. The Morgan fingerprint density at radius 3 is 2.23 bits per heavy atom. The number of anilines is 1. The van der Waals surface area contributed by atoms with Gasteiger partial charge in [-0.25, -0.2) is 4.90 Å². The van der Waals surface area contributed by atoms with Gasteiger partial charge >= 0.3 is 5.91 Å². The predicted octanol–water partition coefficient (Wildman–Crippen LogP) is 3.58. The number of benzene rings is 2. The summed E-state index contributed by atoms with van der Waals surface area (Å²) in [5.74, 6) is -2.01. The molecule has 6 nitrogen and oxygen atoms in total. The van der Waals surface area contributed by atoms with Gasteiger partial charge in [-0.2, -0.15) is 0 Å². The molecule has 156 valence electrons. The van der Waals surface area contributed by atoms with E-state index in [9.17, 15) is 14.7 Å². The fourth-order valence-electron chi connectivity index (χ4n) is 3.70. The molecule has 8 heteroatoms. The first-order chi connectivity index (χ1) is 14.3. The summed E-state index contributed by atoms with van der Waals surface area (Å²) < 4.78 is 0. The van der Waals surface area contributed by atoms with Crippen LogP contribution in [-0.4, -0.2) is 59.9 Å². The van der Waals surface area contributed by atoms with Crippen molar-refractivity contribution in [2.75, 3.05) is 38.1 Å². The molecule has 0 saturated carbocycles. The van der Waals surface area contributed by atoms with E-state index in [0.717, 1.165) is 43.2 Å². The maximum Gasteiger partial charge on any atom is 0.301 e. The van der Waals surface area contributed by atoms with Gasteiger partial charge in [-0.15, -0.1) is 0 Å². The number of aliphatic hydroxyl groups is 1. The van der Waals surface area contributed by atoms with Gasteiger partial charge < -0.3 is 10.0 Å². The second-order valence-electron chi connectivity index (χ2n) is 7.54. The Balaban J connectivity index is 1.53. The van der Waals surface area contributed by atoms with Crippen LogP contribution in [0, 0.1) is 0 Å². The normalized spacial score (nSPS) is 18.6. The van der Waals surface area contributed by atoms with Crippen molar-refractivity contribution in [3.05, 3.63) is 69.4 Å². The van der Waals surface area contributed by atoms with Crippen molar-refractivity contribution in [3.8, 4) is 0 Å². The van der Waals surface area contributed by atoms with E-state index in [1.54, 1.807) is 18.2 Å². The molecule has 0 aromatic heterocycles. The molecule has 2 aromatic rings. The summed E-state index contributed by atoms with van der Waals surface area (Å²) in [6.45, 7) is 4.89. The molecular weight excluding hydrogens is 425 g/mol. The first kappa shape index (κ1) is 20.9. The highest BCUT2D eigenvalue weighted by molar-refractivity contribution is 6.47. The summed E-state index contributed by atoms with van der Waals surface area (Å²) in [5, 5.41) is 11.0. The van der Waals surface area contributed by atoms with Crippen molar-refractivity contribution in [2.24, 2.45) is 0 Å². The molecule has 1 saturated heterocycles. The minimum absolute atomic E-state index is 0.122. The van der Waals surface area contributed by atoms with E-state index in [-0.39, 0.29) is 16.2 Å². The number of carbonyl (C=O) groups is 2. The fourth-order valence-corrected chi connectivity index (χ4v) is 4.21. The van der Waals surface area contributed by atoms with Gasteiger partial charge in [-0.1, -0.05) is 41.4 Å². The van der Waals surface area contributed by atoms with Crippen LogP contribution in [0.15, 0.2) is 48.2 Å². The van der Waals surface area contributed by atoms with E-state index in [1.165, 1.54) is 12.1 Å². The second kappa shape index (κ2) is 8.40. The Kier molecular flexibility index (Phi) is 5.84. The lowest BCUT2D eigenvalue weighted by atomic mass is 10.1. The Bertz CT molecular complexity index is 1030. The predicted molar refractivity (Wildman–Crippen MR) is 118 cm³/mol. The quantitative estimate of drug-likeness (QED) is 0.728. The number of rotatable bonds is 4. The Hall–Kier alpha value is -2.38. The van der Waals surface area contributed by atoms with E-state index >= 15 is 0 Å². The molecule has 2 amide bonds. The lowest BCUT2D eigenvalue weighted by molar-refractivity contribution is -0.121. The zero-order valence-corrected chi connectivity index (χ0v) is 18.0. The number of amides is 2. The summed E-state index contributed by atoms with van der Waals surface area (Å²) in [6.07, 6.45) is 0. The number of piperazine rings is 1. The summed E-state index contributed by atoms with van der Waals surface area (Å²) in [6, 6.07) is 11.8. The molecule has 0 radical (unpaired) electrons. The SMILES string of the molecule is CN1CCN(Cc2ccc(N3C(=O)C(O)=C(c4ccc(Cl)cc4Cl)C3=O)cc2)CC1. The molecule has 0 unspecified atom stereocenters. The summed E-state index contributed by atoms with van der Waals surface area (Å²) in [7, 11) is 2.12. The molecule has 0 atom stereocenters. The highest BCUT2D eigenvalue weighted by atomic mass is 35.5. The minimum Gasteiger partial charge on any atom is -0.502 e. The van der Waals surface area contributed by atoms with Crippen molar-refractivity contribution in [1.82, 2.24) is 9.80 Å². The number of nitrogens with zero attached hydrogens (tertiary/aromatic N) is 3.